The number of fused-ring (bicyclic) bond motifs is 1. The second-order valence-corrected chi connectivity index (χ2v) is 8.10. The molecule has 0 aliphatic carbocycles. The maximum atomic E-state index is 5.47. The summed E-state index contributed by atoms with van der Waals surface area (Å²) < 4.78 is 5.47. The maximum absolute atomic E-state index is 5.47. The van der Waals surface area contributed by atoms with Gasteiger partial charge in [-0.2, -0.15) is 0 Å². The molecule has 4 aromatic rings. The van der Waals surface area contributed by atoms with Crippen molar-refractivity contribution in [1.82, 2.24) is 9.97 Å². The molecule has 5 nitrogen and oxygen atoms in total. The number of hydrogen-bond donors (Lipinski definition) is 1. The van der Waals surface area contributed by atoms with Gasteiger partial charge in [0.1, 0.15) is 12.1 Å². The number of nitrogens with one attached hydrogen (secondary N) is 1. The van der Waals surface area contributed by atoms with Crippen molar-refractivity contribution in [2.75, 3.05) is 36.5 Å². The Hall–Kier alpha value is -2.96. The Kier molecular flexibility index (Phi) is 4.87. The summed E-state index contributed by atoms with van der Waals surface area (Å²) >= 11 is 1.74. The summed E-state index contributed by atoms with van der Waals surface area (Å²) in [5.74, 6) is 0.826. The standard InChI is InChI=1S/C23H22N4OS/c1-16-13-18(5-7-21(16)27-8-10-28-11-9-27)26-23-19-14-17(22-3-2-12-29-22)4-6-20(19)24-15-25-23/h2-7,12-15H,8-11H2,1H3,(H,24,25,26). The SMILES string of the molecule is Cc1cc(Nc2ncnc3ccc(-c4cccs4)cc23)ccc1N1CCOCC1. The minimum atomic E-state index is 0.791. The van der Waals surface area contributed by atoms with Crippen molar-refractivity contribution in [2.45, 2.75) is 6.92 Å². The first-order valence-corrected chi connectivity index (χ1v) is 10.6. The molecule has 1 saturated heterocycles. The summed E-state index contributed by atoms with van der Waals surface area (Å²) in [6.45, 7) is 5.62. The van der Waals surface area contributed by atoms with Gasteiger partial charge >= 0.3 is 0 Å². The molecule has 0 spiro atoms. The molecule has 5 rings (SSSR count). The summed E-state index contributed by atoms with van der Waals surface area (Å²) in [4.78, 5) is 12.6. The molecule has 0 amide bonds. The molecule has 1 N–H and O–H groups in total. The van der Waals surface area contributed by atoms with E-state index in [0.717, 1.165) is 48.7 Å². The highest BCUT2D eigenvalue weighted by Crippen LogP contribution is 2.32. The van der Waals surface area contributed by atoms with Crippen molar-refractivity contribution in [3.63, 3.8) is 0 Å². The van der Waals surface area contributed by atoms with Crippen molar-refractivity contribution in [3.05, 3.63) is 65.8 Å². The molecule has 0 unspecified atom stereocenters. The van der Waals surface area contributed by atoms with Gasteiger partial charge in [0.05, 0.1) is 18.7 Å². The van der Waals surface area contributed by atoms with Gasteiger partial charge in [-0.15, -0.1) is 11.3 Å². The van der Waals surface area contributed by atoms with Crippen molar-refractivity contribution >= 4 is 39.4 Å². The Balaban J connectivity index is 1.46. The first-order chi connectivity index (χ1) is 14.3. The first kappa shape index (κ1) is 18.1. The van der Waals surface area contributed by atoms with Crippen LogP contribution in [0.1, 0.15) is 5.56 Å². The van der Waals surface area contributed by atoms with Crippen LogP contribution in [0.4, 0.5) is 17.2 Å². The van der Waals surface area contributed by atoms with Crippen LogP contribution in [-0.4, -0.2) is 36.3 Å². The van der Waals surface area contributed by atoms with E-state index in [9.17, 15) is 0 Å². The van der Waals surface area contributed by atoms with Gasteiger partial charge in [-0.25, -0.2) is 9.97 Å². The van der Waals surface area contributed by atoms with E-state index in [-0.39, 0.29) is 0 Å². The van der Waals surface area contributed by atoms with Crippen LogP contribution >= 0.6 is 11.3 Å². The quantitative estimate of drug-likeness (QED) is 0.505. The fraction of sp³-hybridized carbons (Fsp3) is 0.217. The van der Waals surface area contributed by atoms with Crippen LogP contribution in [0.25, 0.3) is 21.3 Å². The van der Waals surface area contributed by atoms with Crippen LogP contribution in [0.3, 0.4) is 0 Å². The van der Waals surface area contributed by atoms with E-state index in [4.69, 9.17) is 4.74 Å². The predicted molar refractivity (Wildman–Crippen MR) is 120 cm³/mol. The average Bonchev–Trinajstić information content (AvgIpc) is 3.29. The van der Waals surface area contributed by atoms with Gasteiger partial charge in [0.25, 0.3) is 0 Å². The molecule has 0 radical (unpaired) electrons. The Labute approximate surface area is 174 Å². The lowest BCUT2D eigenvalue weighted by Crippen LogP contribution is -2.36. The van der Waals surface area contributed by atoms with Gasteiger partial charge in [-0.1, -0.05) is 12.1 Å². The second-order valence-electron chi connectivity index (χ2n) is 7.16. The maximum Gasteiger partial charge on any atom is 0.141 e. The number of aromatic nitrogens is 2. The molecule has 6 heteroatoms. The Bertz CT molecular complexity index is 1140. The third kappa shape index (κ3) is 3.69. The first-order valence-electron chi connectivity index (χ1n) is 9.77. The van der Waals surface area contributed by atoms with Gasteiger partial charge in [0, 0.05) is 34.7 Å². The van der Waals surface area contributed by atoms with Crippen molar-refractivity contribution in [3.8, 4) is 10.4 Å². The molecule has 1 aliphatic rings. The van der Waals surface area contributed by atoms with Crippen LogP contribution in [0.5, 0.6) is 0 Å². The number of benzene rings is 2. The molecule has 1 fully saturated rings. The van der Waals surface area contributed by atoms with E-state index in [1.165, 1.54) is 21.7 Å². The average molecular weight is 403 g/mol. The van der Waals surface area contributed by atoms with Gasteiger partial charge in [0.15, 0.2) is 0 Å². The molecule has 29 heavy (non-hydrogen) atoms. The molecular formula is C23H22N4OS. The third-order valence-electron chi connectivity index (χ3n) is 5.25. The van der Waals surface area contributed by atoms with E-state index in [1.807, 2.05) is 0 Å². The highest BCUT2D eigenvalue weighted by molar-refractivity contribution is 7.13. The van der Waals surface area contributed by atoms with Gasteiger partial charge < -0.3 is 15.0 Å². The lowest BCUT2D eigenvalue weighted by molar-refractivity contribution is 0.122. The number of aryl methyl sites for hydroxylation is 1. The highest BCUT2D eigenvalue weighted by Gasteiger charge is 2.14. The number of thiophene rings is 1. The van der Waals surface area contributed by atoms with E-state index >= 15 is 0 Å². The lowest BCUT2D eigenvalue weighted by Gasteiger charge is -2.30. The minimum Gasteiger partial charge on any atom is -0.378 e. The lowest BCUT2D eigenvalue weighted by atomic mass is 10.1. The van der Waals surface area contributed by atoms with E-state index in [2.05, 4.69) is 81.0 Å². The number of ether oxygens (including phenoxy) is 1. The molecule has 0 saturated carbocycles. The van der Waals surface area contributed by atoms with Gasteiger partial charge in [-0.3, -0.25) is 0 Å². The molecule has 0 bridgehead atoms. The molecule has 0 atom stereocenters. The van der Waals surface area contributed by atoms with Crippen LogP contribution in [0.2, 0.25) is 0 Å². The Morgan fingerprint density at radius 2 is 1.93 bits per heavy atom. The zero-order valence-corrected chi connectivity index (χ0v) is 17.1. The summed E-state index contributed by atoms with van der Waals surface area (Å²) in [7, 11) is 0. The van der Waals surface area contributed by atoms with Gasteiger partial charge in [-0.05, 0) is 59.8 Å². The van der Waals surface area contributed by atoms with E-state index in [1.54, 1.807) is 17.7 Å². The second kappa shape index (κ2) is 7.81. The van der Waals surface area contributed by atoms with Crippen molar-refractivity contribution < 1.29 is 4.74 Å². The Morgan fingerprint density at radius 1 is 1.03 bits per heavy atom. The topological polar surface area (TPSA) is 50.3 Å². The molecule has 3 heterocycles. The van der Waals surface area contributed by atoms with Crippen molar-refractivity contribution in [2.24, 2.45) is 0 Å². The van der Waals surface area contributed by atoms with Gasteiger partial charge in [0.2, 0.25) is 0 Å². The highest BCUT2D eigenvalue weighted by atomic mass is 32.1. The summed E-state index contributed by atoms with van der Waals surface area (Å²) in [5.41, 5.74) is 5.66. The summed E-state index contributed by atoms with van der Waals surface area (Å²) in [6.07, 6.45) is 1.62. The number of morpholine rings is 1. The molecular weight excluding hydrogens is 380 g/mol. The van der Waals surface area contributed by atoms with Crippen molar-refractivity contribution in [1.29, 1.82) is 0 Å². The van der Waals surface area contributed by atoms with E-state index < -0.39 is 0 Å². The predicted octanol–water partition coefficient (Wildman–Crippen LogP) is 5.25. The number of hydrogen-bond acceptors (Lipinski definition) is 6. The number of anilines is 3. The molecule has 2 aromatic carbocycles. The molecule has 146 valence electrons. The smallest absolute Gasteiger partial charge is 0.141 e. The Morgan fingerprint density at radius 3 is 2.72 bits per heavy atom. The molecule has 1 aliphatic heterocycles. The number of rotatable bonds is 4. The normalized spacial score (nSPS) is 14.3. The zero-order chi connectivity index (χ0) is 19.6. The number of nitrogens with zero attached hydrogens (tertiary/aromatic N) is 3. The zero-order valence-electron chi connectivity index (χ0n) is 16.3. The largest absolute Gasteiger partial charge is 0.378 e. The van der Waals surface area contributed by atoms with Crippen LogP contribution < -0.4 is 10.2 Å². The fourth-order valence-corrected chi connectivity index (χ4v) is 4.51. The van der Waals surface area contributed by atoms with E-state index in [0.29, 0.717) is 0 Å². The third-order valence-corrected chi connectivity index (χ3v) is 6.17. The van der Waals surface area contributed by atoms with Crippen LogP contribution in [0, 0.1) is 6.92 Å². The summed E-state index contributed by atoms with van der Waals surface area (Å²) in [6, 6.07) is 17.0. The fourth-order valence-electron chi connectivity index (χ4n) is 3.78. The molecule has 2 aromatic heterocycles. The summed E-state index contributed by atoms with van der Waals surface area (Å²) in [5, 5.41) is 6.62. The minimum absolute atomic E-state index is 0.791. The van der Waals surface area contributed by atoms with Crippen LogP contribution in [-0.2, 0) is 4.74 Å². The van der Waals surface area contributed by atoms with Crippen LogP contribution in [0.15, 0.2) is 60.2 Å². The monoisotopic (exact) mass is 402 g/mol.